The highest BCUT2D eigenvalue weighted by Crippen LogP contribution is 2.19. The summed E-state index contributed by atoms with van der Waals surface area (Å²) < 4.78 is 44.6. The molecule has 1 fully saturated rings. The summed E-state index contributed by atoms with van der Waals surface area (Å²) in [7, 11) is -3.70. The molecule has 1 aliphatic rings. The van der Waals surface area contributed by atoms with Gasteiger partial charge in [0.2, 0.25) is 10.0 Å². The van der Waals surface area contributed by atoms with E-state index in [9.17, 15) is 17.6 Å². The molecule has 0 saturated carbocycles. The molecule has 132 valence electrons. The maximum absolute atomic E-state index is 13.0. The van der Waals surface area contributed by atoms with Crippen LogP contribution < -0.4 is 4.74 Å². The van der Waals surface area contributed by atoms with Crippen LogP contribution in [0.2, 0.25) is 0 Å². The van der Waals surface area contributed by atoms with E-state index in [0.717, 1.165) is 12.1 Å². The molecule has 0 aromatic heterocycles. The molecule has 1 heterocycles. The lowest BCUT2D eigenvalue weighted by molar-refractivity contribution is 0.132. The van der Waals surface area contributed by atoms with Crippen LogP contribution in [0.5, 0.6) is 5.75 Å². The number of piperazine rings is 1. The lowest BCUT2D eigenvalue weighted by Gasteiger charge is -2.33. The SMILES string of the molecule is O=C(Oc1ccccc1)N1CCN(S(=O)(=O)c2ccc(F)cc2)CC1. The van der Waals surface area contributed by atoms with Crippen molar-refractivity contribution < 1.29 is 22.3 Å². The maximum atomic E-state index is 13.0. The van der Waals surface area contributed by atoms with Crippen LogP contribution in [-0.4, -0.2) is 49.9 Å². The Kier molecular flexibility index (Phi) is 5.00. The molecule has 2 aromatic carbocycles. The number of para-hydroxylation sites is 1. The Morgan fingerprint density at radius 3 is 2.12 bits per heavy atom. The molecule has 0 unspecified atom stereocenters. The lowest BCUT2D eigenvalue weighted by Crippen LogP contribution is -2.51. The van der Waals surface area contributed by atoms with Crippen molar-refractivity contribution in [3.8, 4) is 5.75 Å². The number of hydrogen-bond donors (Lipinski definition) is 0. The normalized spacial score (nSPS) is 15.8. The number of rotatable bonds is 3. The molecule has 0 aliphatic carbocycles. The van der Waals surface area contributed by atoms with Crippen molar-refractivity contribution in [3.63, 3.8) is 0 Å². The quantitative estimate of drug-likeness (QED) is 0.838. The predicted octanol–water partition coefficient (Wildman–Crippen LogP) is 2.33. The van der Waals surface area contributed by atoms with Gasteiger partial charge in [0.15, 0.2) is 0 Å². The van der Waals surface area contributed by atoms with Gasteiger partial charge in [-0.05, 0) is 36.4 Å². The van der Waals surface area contributed by atoms with Gasteiger partial charge in [-0.2, -0.15) is 4.31 Å². The molecule has 8 heteroatoms. The zero-order valence-corrected chi connectivity index (χ0v) is 14.2. The van der Waals surface area contributed by atoms with Gasteiger partial charge in [-0.15, -0.1) is 0 Å². The molecule has 1 aliphatic heterocycles. The van der Waals surface area contributed by atoms with Crippen molar-refractivity contribution in [1.29, 1.82) is 0 Å². The molecule has 0 atom stereocenters. The zero-order chi connectivity index (χ0) is 17.9. The van der Waals surface area contributed by atoms with Gasteiger partial charge in [-0.1, -0.05) is 18.2 Å². The van der Waals surface area contributed by atoms with E-state index in [1.807, 2.05) is 6.07 Å². The molecule has 0 radical (unpaired) electrons. The molecule has 1 amide bonds. The van der Waals surface area contributed by atoms with Crippen LogP contribution in [0.15, 0.2) is 59.5 Å². The number of hydrogen-bond acceptors (Lipinski definition) is 4. The number of halogens is 1. The number of carbonyl (C=O) groups is 1. The summed E-state index contributed by atoms with van der Waals surface area (Å²) in [4.78, 5) is 13.6. The second-order valence-electron chi connectivity index (χ2n) is 5.53. The number of nitrogens with zero attached hydrogens (tertiary/aromatic N) is 2. The highest BCUT2D eigenvalue weighted by molar-refractivity contribution is 7.89. The van der Waals surface area contributed by atoms with Crippen LogP contribution >= 0.6 is 0 Å². The van der Waals surface area contributed by atoms with Crippen LogP contribution in [0.4, 0.5) is 9.18 Å². The lowest BCUT2D eigenvalue weighted by atomic mass is 10.3. The molecule has 25 heavy (non-hydrogen) atoms. The van der Waals surface area contributed by atoms with E-state index in [4.69, 9.17) is 4.74 Å². The van der Waals surface area contributed by atoms with Gasteiger partial charge in [0.25, 0.3) is 0 Å². The van der Waals surface area contributed by atoms with Gasteiger partial charge in [0.05, 0.1) is 4.90 Å². The maximum Gasteiger partial charge on any atom is 0.415 e. The minimum absolute atomic E-state index is 0.0363. The highest BCUT2D eigenvalue weighted by Gasteiger charge is 2.30. The van der Waals surface area contributed by atoms with Gasteiger partial charge < -0.3 is 9.64 Å². The summed E-state index contributed by atoms with van der Waals surface area (Å²) in [5.74, 6) is -0.0544. The van der Waals surface area contributed by atoms with E-state index in [2.05, 4.69) is 0 Å². The van der Waals surface area contributed by atoms with Crippen molar-refractivity contribution in [2.24, 2.45) is 0 Å². The number of ether oxygens (including phenoxy) is 1. The van der Waals surface area contributed by atoms with Gasteiger partial charge in [-0.3, -0.25) is 0 Å². The zero-order valence-electron chi connectivity index (χ0n) is 13.3. The van der Waals surface area contributed by atoms with Crippen molar-refractivity contribution >= 4 is 16.1 Å². The third-order valence-electron chi connectivity index (χ3n) is 3.90. The van der Waals surface area contributed by atoms with Gasteiger partial charge >= 0.3 is 6.09 Å². The van der Waals surface area contributed by atoms with E-state index in [-0.39, 0.29) is 31.1 Å². The van der Waals surface area contributed by atoms with Crippen LogP contribution in [0, 0.1) is 5.82 Å². The average Bonchev–Trinajstić information content (AvgIpc) is 2.63. The predicted molar refractivity (Wildman–Crippen MR) is 89.2 cm³/mol. The van der Waals surface area contributed by atoms with Crippen LogP contribution in [0.1, 0.15) is 0 Å². The first kappa shape index (κ1) is 17.4. The van der Waals surface area contributed by atoms with E-state index in [0.29, 0.717) is 5.75 Å². The Morgan fingerprint density at radius 2 is 1.52 bits per heavy atom. The molecule has 3 rings (SSSR count). The Balaban J connectivity index is 1.61. The average molecular weight is 364 g/mol. The Bertz CT molecular complexity index is 833. The largest absolute Gasteiger partial charge is 0.415 e. The topological polar surface area (TPSA) is 66.9 Å². The van der Waals surface area contributed by atoms with Crippen molar-refractivity contribution in [2.75, 3.05) is 26.2 Å². The Labute approximate surface area is 145 Å². The minimum Gasteiger partial charge on any atom is -0.410 e. The van der Waals surface area contributed by atoms with Crippen molar-refractivity contribution in [3.05, 3.63) is 60.4 Å². The molecule has 1 saturated heterocycles. The number of amides is 1. The molecular formula is C17H17FN2O4S. The van der Waals surface area contributed by atoms with E-state index in [1.165, 1.54) is 21.3 Å². The number of carbonyl (C=O) groups excluding carboxylic acids is 1. The minimum atomic E-state index is -3.70. The third-order valence-corrected chi connectivity index (χ3v) is 5.81. The van der Waals surface area contributed by atoms with Gasteiger partial charge in [-0.25, -0.2) is 17.6 Å². The van der Waals surface area contributed by atoms with Crippen LogP contribution in [-0.2, 0) is 10.0 Å². The first-order valence-corrected chi connectivity index (χ1v) is 9.18. The van der Waals surface area contributed by atoms with Crippen molar-refractivity contribution in [1.82, 2.24) is 9.21 Å². The summed E-state index contributed by atoms with van der Waals surface area (Å²) in [5, 5.41) is 0. The first-order valence-electron chi connectivity index (χ1n) is 7.74. The molecule has 0 bridgehead atoms. The van der Waals surface area contributed by atoms with Crippen LogP contribution in [0.3, 0.4) is 0 Å². The monoisotopic (exact) mass is 364 g/mol. The van der Waals surface area contributed by atoms with Crippen molar-refractivity contribution in [2.45, 2.75) is 4.90 Å². The van der Waals surface area contributed by atoms with E-state index < -0.39 is 21.9 Å². The Morgan fingerprint density at radius 1 is 0.920 bits per heavy atom. The number of sulfonamides is 1. The molecular weight excluding hydrogens is 347 g/mol. The molecule has 2 aromatic rings. The molecule has 0 N–H and O–H groups in total. The highest BCUT2D eigenvalue weighted by atomic mass is 32.2. The summed E-state index contributed by atoms with van der Waals surface area (Å²) in [6, 6.07) is 13.4. The summed E-state index contributed by atoms with van der Waals surface area (Å²) in [6.45, 7) is 0.769. The summed E-state index contributed by atoms with van der Waals surface area (Å²) in [5.41, 5.74) is 0. The fourth-order valence-corrected chi connectivity index (χ4v) is 3.94. The fourth-order valence-electron chi connectivity index (χ4n) is 2.52. The Hall–Kier alpha value is -2.45. The molecule has 0 spiro atoms. The van der Waals surface area contributed by atoms with E-state index in [1.54, 1.807) is 24.3 Å². The smallest absolute Gasteiger partial charge is 0.410 e. The summed E-state index contributed by atoms with van der Waals surface area (Å²) in [6.07, 6.45) is -0.509. The molecule has 6 nitrogen and oxygen atoms in total. The first-order chi connectivity index (χ1) is 12.0. The van der Waals surface area contributed by atoms with E-state index >= 15 is 0 Å². The summed E-state index contributed by atoms with van der Waals surface area (Å²) >= 11 is 0. The second-order valence-corrected chi connectivity index (χ2v) is 7.46. The van der Waals surface area contributed by atoms with Crippen LogP contribution in [0.25, 0.3) is 0 Å². The number of benzene rings is 2. The van der Waals surface area contributed by atoms with Gasteiger partial charge in [0, 0.05) is 26.2 Å². The third kappa shape index (κ3) is 3.97. The standard InChI is InChI=1S/C17H17FN2O4S/c18-14-6-8-16(9-7-14)25(22,23)20-12-10-19(11-13-20)17(21)24-15-4-2-1-3-5-15/h1-9H,10-13H2. The second kappa shape index (κ2) is 7.20. The fraction of sp³-hybridized carbons (Fsp3) is 0.235. The van der Waals surface area contributed by atoms with Gasteiger partial charge in [0.1, 0.15) is 11.6 Å².